The number of hydrogen-bond acceptors (Lipinski definition) is 7. The molecule has 1 aliphatic heterocycles. The van der Waals surface area contributed by atoms with E-state index in [0.29, 0.717) is 36.0 Å². The highest BCUT2D eigenvalue weighted by molar-refractivity contribution is 5.58. The molecule has 4 rings (SSSR count). The summed E-state index contributed by atoms with van der Waals surface area (Å²) in [5, 5.41) is 14.9. The molecule has 1 saturated heterocycles. The van der Waals surface area contributed by atoms with E-state index in [1.54, 1.807) is 12.1 Å². The quantitative estimate of drug-likeness (QED) is 0.621. The van der Waals surface area contributed by atoms with Crippen LogP contribution >= 0.6 is 0 Å². The van der Waals surface area contributed by atoms with E-state index in [-0.39, 0.29) is 5.69 Å². The summed E-state index contributed by atoms with van der Waals surface area (Å²) in [6, 6.07) is 6.68. The van der Waals surface area contributed by atoms with Gasteiger partial charge in [0.15, 0.2) is 0 Å². The maximum atomic E-state index is 10.9. The number of nitro groups is 1. The third kappa shape index (κ3) is 3.40. The zero-order valence-electron chi connectivity index (χ0n) is 13.8. The molecule has 2 atom stereocenters. The zero-order valence-corrected chi connectivity index (χ0v) is 13.8. The highest BCUT2D eigenvalue weighted by Crippen LogP contribution is 2.29. The van der Waals surface area contributed by atoms with E-state index in [4.69, 9.17) is 9.26 Å². The molecule has 8 heteroatoms. The number of rotatable bonds is 4. The van der Waals surface area contributed by atoms with Gasteiger partial charge in [0.2, 0.25) is 11.7 Å². The van der Waals surface area contributed by atoms with Crippen LogP contribution in [0.3, 0.4) is 0 Å². The molecule has 1 saturated carbocycles. The van der Waals surface area contributed by atoms with Gasteiger partial charge in [0.25, 0.3) is 5.69 Å². The molecule has 0 unspecified atom stereocenters. The van der Waals surface area contributed by atoms with E-state index in [0.717, 1.165) is 26.0 Å². The van der Waals surface area contributed by atoms with Gasteiger partial charge >= 0.3 is 0 Å². The fourth-order valence-electron chi connectivity index (χ4n) is 3.74. The topological polar surface area (TPSA) is 94.5 Å². The molecule has 2 fully saturated rings. The summed E-state index contributed by atoms with van der Waals surface area (Å²) in [5.74, 6) is 0.917. The molecule has 0 amide bonds. The molecule has 1 aromatic carbocycles. The largest absolute Gasteiger partial charge is 0.375 e. The Labute approximate surface area is 144 Å². The molecule has 0 spiro atoms. The summed E-state index contributed by atoms with van der Waals surface area (Å²) in [7, 11) is 0. The fourth-order valence-corrected chi connectivity index (χ4v) is 3.74. The number of ether oxygens (including phenoxy) is 1. The molecule has 0 radical (unpaired) electrons. The van der Waals surface area contributed by atoms with Crippen molar-refractivity contribution >= 4 is 5.69 Å². The molecule has 2 aromatic rings. The monoisotopic (exact) mass is 344 g/mol. The van der Waals surface area contributed by atoms with E-state index in [2.05, 4.69) is 15.0 Å². The summed E-state index contributed by atoms with van der Waals surface area (Å²) >= 11 is 0. The van der Waals surface area contributed by atoms with Crippen molar-refractivity contribution < 1.29 is 14.2 Å². The Morgan fingerprint density at radius 3 is 3.08 bits per heavy atom. The number of morpholine rings is 1. The highest BCUT2D eigenvalue weighted by Gasteiger charge is 2.34. The average molecular weight is 344 g/mol. The summed E-state index contributed by atoms with van der Waals surface area (Å²) in [6.07, 6.45) is 5.01. The van der Waals surface area contributed by atoms with Crippen molar-refractivity contribution in [1.82, 2.24) is 15.0 Å². The highest BCUT2D eigenvalue weighted by atomic mass is 16.6. The number of aromatic nitrogens is 2. The van der Waals surface area contributed by atoms with Crippen molar-refractivity contribution in [2.45, 2.75) is 44.4 Å². The maximum absolute atomic E-state index is 10.9. The second-order valence-corrected chi connectivity index (χ2v) is 6.55. The maximum Gasteiger partial charge on any atom is 0.270 e. The molecule has 1 aromatic heterocycles. The Bertz CT molecular complexity index is 761. The lowest BCUT2D eigenvalue weighted by atomic mass is 9.90. The molecular formula is C17H20N4O4. The molecule has 25 heavy (non-hydrogen) atoms. The molecule has 0 N–H and O–H groups in total. The first-order valence-electron chi connectivity index (χ1n) is 8.64. The molecule has 2 heterocycles. The van der Waals surface area contributed by atoms with Crippen molar-refractivity contribution in [3.05, 3.63) is 40.3 Å². The number of hydrogen-bond donors (Lipinski definition) is 0. The van der Waals surface area contributed by atoms with Crippen LogP contribution in [0.2, 0.25) is 0 Å². The van der Waals surface area contributed by atoms with Gasteiger partial charge in [-0.3, -0.25) is 15.0 Å². The van der Waals surface area contributed by atoms with Gasteiger partial charge in [-0.25, -0.2) is 0 Å². The van der Waals surface area contributed by atoms with Crippen LogP contribution in [0.1, 0.15) is 31.6 Å². The SMILES string of the molecule is O=[N+]([O-])c1cccc(-c2noc(CN3CCO[C@@H]4CCCC[C@H]43)n2)c1. The fraction of sp³-hybridized carbons (Fsp3) is 0.529. The first-order valence-corrected chi connectivity index (χ1v) is 8.64. The Morgan fingerprint density at radius 2 is 2.20 bits per heavy atom. The van der Waals surface area contributed by atoms with Crippen molar-refractivity contribution in [2.75, 3.05) is 13.2 Å². The van der Waals surface area contributed by atoms with Crippen LogP contribution < -0.4 is 0 Å². The Kier molecular flexibility index (Phi) is 4.46. The Balaban J connectivity index is 1.49. The second kappa shape index (κ2) is 6.89. The third-order valence-corrected chi connectivity index (χ3v) is 4.97. The average Bonchev–Trinajstić information content (AvgIpc) is 3.11. The van der Waals surface area contributed by atoms with Crippen LogP contribution in [-0.2, 0) is 11.3 Å². The van der Waals surface area contributed by atoms with Gasteiger partial charge < -0.3 is 9.26 Å². The summed E-state index contributed by atoms with van der Waals surface area (Å²) in [6.45, 7) is 2.18. The Hall–Kier alpha value is -2.32. The van der Waals surface area contributed by atoms with Crippen molar-refractivity contribution in [1.29, 1.82) is 0 Å². The van der Waals surface area contributed by atoms with E-state index in [9.17, 15) is 10.1 Å². The van der Waals surface area contributed by atoms with Gasteiger partial charge in [0.1, 0.15) is 0 Å². The van der Waals surface area contributed by atoms with Gasteiger partial charge in [-0.15, -0.1) is 0 Å². The minimum atomic E-state index is -0.429. The predicted molar refractivity (Wildman–Crippen MR) is 88.8 cm³/mol. The van der Waals surface area contributed by atoms with E-state index in [1.165, 1.54) is 25.0 Å². The molecule has 0 bridgehead atoms. The van der Waals surface area contributed by atoms with Crippen LogP contribution in [-0.4, -0.2) is 45.3 Å². The number of nitrogens with zero attached hydrogens (tertiary/aromatic N) is 4. The smallest absolute Gasteiger partial charge is 0.270 e. The van der Waals surface area contributed by atoms with E-state index >= 15 is 0 Å². The number of non-ortho nitro benzene ring substituents is 1. The van der Waals surface area contributed by atoms with Crippen LogP contribution in [0.4, 0.5) is 5.69 Å². The van der Waals surface area contributed by atoms with Crippen LogP contribution in [0.25, 0.3) is 11.4 Å². The first-order chi connectivity index (χ1) is 12.2. The number of fused-ring (bicyclic) bond motifs is 1. The molecular weight excluding hydrogens is 324 g/mol. The summed E-state index contributed by atoms with van der Waals surface area (Å²) in [4.78, 5) is 17.3. The molecule has 1 aliphatic carbocycles. The first kappa shape index (κ1) is 16.2. The lowest BCUT2D eigenvalue weighted by molar-refractivity contribution is -0.384. The molecule has 132 valence electrons. The van der Waals surface area contributed by atoms with Crippen LogP contribution in [0.5, 0.6) is 0 Å². The van der Waals surface area contributed by atoms with Crippen LogP contribution in [0.15, 0.2) is 28.8 Å². The van der Waals surface area contributed by atoms with Gasteiger partial charge in [0.05, 0.1) is 24.2 Å². The summed E-state index contributed by atoms with van der Waals surface area (Å²) < 4.78 is 11.3. The molecule has 2 aliphatic rings. The normalized spacial score (nSPS) is 24.0. The third-order valence-electron chi connectivity index (χ3n) is 4.97. The van der Waals surface area contributed by atoms with E-state index < -0.39 is 4.92 Å². The minimum absolute atomic E-state index is 0.0158. The van der Waals surface area contributed by atoms with Crippen LogP contribution in [0, 0.1) is 10.1 Å². The zero-order chi connectivity index (χ0) is 17.2. The van der Waals surface area contributed by atoms with Gasteiger partial charge in [-0.1, -0.05) is 30.1 Å². The van der Waals surface area contributed by atoms with Gasteiger partial charge in [0, 0.05) is 30.3 Å². The van der Waals surface area contributed by atoms with Crippen molar-refractivity contribution in [3.63, 3.8) is 0 Å². The Morgan fingerprint density at radius 1 is 1.32 bits per heavy atom. The van der Waals surface area contributed by atoms with Gasteiger partial charge in [-0.2, -0.15) is 4.98 Å². The van der Waals surface area contributed by atoms with Gasteiger partial charge in [-0.05, 0) is 12.8 Å². The lowest BCUT2D eigenvalue weighted by Crippen LogP contribution is -2.52. The van der Waals surface area contributed by atoms with Crippen molar-refractivity contribution in [3.8, 4) is 11.4 Å². The molecule has 8 nitrogen and oxygen atoms in total. The van der Waals surface area contributed by atoms with E-state index in [1.807, 2.05) is 0 Å². The predicted octanol–water partition coefficient (Wildman–Crippen LogP) is 2.79. The lowest BCUT2D eigenvalue weighted by Gasteiger charge is -2.43. The number of nitro benzene ring substituents is 1. The number of benzene rings is 1. The van der Waals surface area contributed by atoms with Crippen molar-refractivity contribution in [2.24, 2.45) is 0 Å². The standard InChI is InChI=1S/C17H20N4O4/c22-21(23)13-5-3-4-12(10-13)17-18-16(25-19-17)11-20-8-9-24-15-7-2-1-6-14(15)20/h3-5,10,14-15H,1-2,6-9,11H2/t14-,15-/m1/s1. The summed E-state index contributed by atoms with van der Waals surface area (Å²) in [5.41, 5.74) is 0.601. The second-order valence-electron chi connectivity index (χ2n) is 6.55. The minimum Gasteiger partial charge on any atom is -0.375 e.